The zero-order chi connectivity index (χ0) is 15.9. The third-order valence-corrected chi connectivity index (χ3v) is 2.76. The van der Waals surface area contributed by atoms with Crippen molar-refractivity contribution >= 4 is 17.7 Å². The van der Waals surface area contributed by atoms with E-state index >= 15 is 0 Å². The van der Waals surface area contributed by atoms with Crippen LogP contribution in [-0.4, -0.2) is 53.0 Å². The van der Waals surface area contributed by atoms with E-state index < -0.39 is 0 Å². The summed E-state index contributed by atoms with van der Waals surface area (Å²) in [5.74, 6) is 1.22. The van der Waals surface area contributed by atoms with E-state index in [-0.39, 0.29) is 11.7 Å². The van der Waals surface area contributed by atoms with Gasteiger partial charge in [0.2, 0.25) is 11.8 Å². The molecule has 1 amide bonds. The van der Waals surface area contributed by atoms with Gasteiger partial charge in [0.25, 0.3) is 5.91 Å². The Labute approximate surface area is 129 Å². The maximum Gasteiger partial charge on any atom is 0.289 e. The average molecular weight is 301 g/mol. The number of nitrogens with zero attached hydrogens (tertiary/aromatic N) is 5. The second-order valence-corrected chi connectivity index (χ2v) is 4.84. The van der Waals surface area contributed by atoms with Crippen LogP contribution in [0.2, 0.25) is 0 Å². The SMILES string of the molecule is Cc1cc(N(C)C)nc(NCCNC(=O)c2ncccn2)n1. The molecule has 0 radical (unpaired) electrons. The van der Waals surface area contributed by atoms with Gasteiger partial charge in [-0.15, -0.1) is 0 Å². The molecule has 8 heteroatoms. The smallest absolute Gasteiger partial charge is 0.289 e. The molecule has 8 nitrogen and oxygen atoms in total. The number of carbonyl (C=O) groups excluding carboxylic acids is 1. The van der Waals surface area contributed by atoms with E-state index in [1.54, 1.807) is 6.07 Å². The van der Waals surface area contributed by atoms with Crippen LogP contribution in [0.3, 0.4) is 0 Å². The second kappa shape index (κ2) is 7.30. The van der Waals surface area contributed by atoms with Crippen molar-refractivity contribution in [1.29, 1.82) is 0 Å². The molecule has 0 saturated carbocycles. The molecule has 0 aromatic carbocycles. The molecule has 0 aliphatic rings. The van der Waals surface area contributed by atoms with Gasteiger partial charge < -0.3 is 15.5 Å². The molecular weight excluding hydrogens is 282 g/mol. The number of aromatic nitrogens is 4. The number of carbonyl (C=O) groups is 1. The molecule has 2 heterocycles. The summed E-state index contributed by atoms with van der Waals surface area (Å²) >= 11 is 0. The lowest BCUT2D eigenvalue weighted by atomic mass is 10.4. The van der Waals surface area contributed by atoms with E-state index in [0.717, 1.165) is 11.5 Å². The van der Waals surface area contributed by atoms with Gasteiger partial charge in [-0.3, -0.25) is 4.79 Å². The van der Waals surface area contributed by atoms with Crippen LogP contribution in [0.5, 0.6) is 0 Å². The highest BCUT2D eigenvalue weighted by Crippen LogP contribution is 2.11. The van der Waals surface area contributed by atoms with Gasteiger partial charge in [0, 0.05) is 51.3 Å². The number of nitrogens with one attached hydrogen (secondary N) is 2. The minimum Gasteiger partial charge on any atom is -0.363 e. The molecule has 0 bridgehead atoms. The lowest BCUT2D eigenvalue weighted by Gasteiger charge is -2.13. The summed E-state index contributed by atoms with van der Waals surface area (Å²) in [6, 6.07) is 3.56. The fourth-order valence-corrected chi connectivity index (χ4v) is 1.71. The van der Waals surface area contributed by atoms with Crippen molar-refractivity contribution in [3.8, 4) is 0 Å². The van der Waals surface area contributed by atoms with E-state index in [1.807, 2.05) is 32.0 Å². The number of anilines is 2. The zero-order valence-corrected chi connectivity index (χ0v) is 12.9. The highest BCUT2D eigenvalue weighted by Gasteiger charge is 2.07. The summed E-state index contributed by atoms with van der Waals surface area (Å²) < 4.78 is 0. The van der Waals surface area contributed by atoms with E-state index in [0.29, 0.717) is 19.0 Å². The first-order valence-electron chi connectivity index (χ1n) is 6.88. The van der Waals surface area contributed by atoms with Crippen LogP contribution < -0.4 is 15.5 Å². The predicted octanol–water partition coefficient (Wildman–Crippen LogP) is 0.483. The lowest BCUT2D eigenvalue weighted by Crippen LogP contribution is -2.30. The molecule has 0 unspecified atom stereocenters. The first kappa shape index (κ1) is 15.6. The van der Waals surface area contributed by atoms with Gasteiger partial charge in [0.15, 0.2) is 0 Å². The Morgan fingerprint density at radius 3 is 2.59 bits per heavy atom. The first-order valence-corrected chi connectivity index (χ1v) is 6.88. The Morgan fingerprint density at radius 2 is 1.91 bits per heavy atom. The van der Waals surface area contributed by atoms with Gasteiger partial charge in [-0.05, 0) is 13.0 Å². The number of hydrogen-bond donors (Lipinski definition) is 2. The van der Waals surface area contributed by atoms with Crippen LogP contribution >= 0.6 is 0 Å². The van der Waals surface area contributed by atoms with E-state index in [2.05, 4.69) is 30.6 Å². The van der Waals surface area contributed by atoms with Gasteiger partial charge >= 0.3 is 0 Å². The minimum absolute atomic E-state index is 0.157. The maximum atomic E-state index is 11.8. The number of rotatable bonds is 6. The molecule has 22 heavy (non-hydrogen) atoms. The molecule has 2 rings (SSSR count). The van der Waals surface area contributed by atoms with Crippen LogP contribution in [0, 0.1) is 6.92 Å². The van der Waals surface area contributed by atoms with Crippen molar-refractivity contribution in [1.82, 2.24) is 25.3 Å². The lowest BCUT2D eigenvalue weighted by molar-refractivity contribution is 0.0944. The predicted molar refractivity (Wildman–Crippen MR) is 84.0 cm³/mol. The summed E-state index contributed by atoms with van der Waals surface area (Å²) in [4.78, 5) is 30.1. The molecule has 2 N–H and O–H groups in total. The van der Waals surface area contributed by atoms with Crippen LogP contribution in [0.1, 0.15) is 16.3 Å². The van der Waals surface area contributed by atoms with Crippen LogP contribution in [0.4, 0.5) is 11.8 Å². The summed E-state index contributed by atoms with van der Waals surface area (Å²) in [5.41, 5.74) is 0.878. The quantitative estimate of drug-likeness (QED) is 0.749. The largest absolute Gasteiger partial charge is 0.363 e. The third-order valence-electron chi connectivity index (χ3n) is 2.76. The molecule has 2 aromatic rings. The van der Waals surface area contributed by atoms with Crippen LogP contribution in [-0.2, 0) is 0 Å². The molecule has 0 aliphatic heterocycles. The Bertz CT molecular complexity index is 630. The van der Waals surface area contributed by atoms with Crippen molar-refractivity contribution in [2.75, 3.05) is 37.4 Å². The fraction of sp³-hybridized carbons (Fsp3) is 0.357. The van der Waals surface area contributed by atoms with Crippen LogP contribution in [0.15, 0.2) is 24.5 Å². The van der Waals surface area contributed by atoms with Gasteiger partial charge in [0.05, 0.1) is 0 Å². The molecule has 116 valence electrons. The van der Waals surface area contributed by atoms with E-state index in [4.69, 9.17) is 0 Å². The zero-order valence-electron chi connectivity index (χ0n) is 12.9. The molecule has 0 spiro atoms. The Morgan fingerprint density at radius 1 is 1.18 bits per heavy atom. The summed E-state index contributed by atoms with van der Waals surface area (Å²) in [7, 11) is 3.84. The van der Waals surface area contributed by atoms with Crippen molar-refractivity contribution in [3.05, 3.63) is 36.0 Å². The van der Waals surface area contributed by atoms with Crippen molar-refractivity contribution in [3.63, 3.8) is 0 Å². The Kier molecular flexibility index (Phi) is 5.18. The van der Waals surface area contributed by atoms with Gasteiger partial charge in [-0.2, -0.15) is 4.98 Å². The average Bonchev–Trinajstić information content (AvgIpc) is 2.51. The van der Waals surface area contributed by atoms with E-state index in [9.17, 15) is 4.79 Å². The Hall–Kier alpha value is -2.77. The maximum absolute atomic E-state index is 11.8. The topological polar surface area (TPSA) is 95.9 Å². The molecule has 0 aliphatic carbocycles. The van der Waals surface area contributed by atoms with E-state index in [1.165, 1.54) is 12.4 Å². The molecular formula is C14H19N7O. The molecule has 0 fully saturated rings. The minimum atomic E-state index is -0.304. The number of amides is 1. The molecule has 0 saturated heterocycles. The van der Waals surface area contributed by atoms with Crippen molar-refractivity contribution < 1.29 is 4.79 Å². The Balaban J connectivity index is 1.83. The molecule has 2 aromatic heterocycles. The van der Waals surface area contributed by atoms with Crippen molar-refractivity contribution in [2.45, 2.75) is 6.92 Å². The monoisotopic (exact) mass is 301 g/mol. The van der Waals surface area contributed by atoms with Crippen LogP contribution in [0.25, 0.3) is 0 Å². The van der Waals surface area contributed by atoms with Gasteiger partial charge in [-0.25, -0.2) is 15.0 Å². The number of hydrogen-bond acceptors (Lipinski definition) is 7. The summed E-state index contributed by atoms with van der Waals surface area (Å²) in [5, 5.41) is 5.81. The summed E-state index contributed by atoms with van der Waals surface area (Å²) in [6.45, 7) is 2.84. The fourth-order valence-electron chi connectivity index (χ4n) is 1.71. The highest BCUT2D eigenvalue weighted by molar-refractivity contribution is 5.90. The van der Waals surface area contributed by atoms with Crippen molar-refractivity contribution in [2.24, 2.45) is 0 Å². The normalized spacial score (nSPS) is 10.1. The van der Waals surface area contributed by atoms with Gasteiger partial charge in [-0.1, -0.05) is 0 Å². The summed E-state index contributed by atoms with van der Waals surface area (Å²) in [6.07, 6.45) is 3.06. The third kappa shape index (κ3) is 4.37. The van der Waals surface area contributed by atoms with Gasteiger partial charge in [0.1, 0.15) is 5.82 Å². The second-order valence-electron chi connectivity index (χ2n) is 4.84. The number of aryl methyl sites for hydroxylation is 1. The highest BCUT2D eigenvalue weighted by atomic mass is 16.2. The standard InChI is InChI=1S/C14H19N7O/c1-10-9-11(21(2)3)20-14(19-10)18-8-7-17-13(22)12-15-5-4-6-16-12/h4-6,9H,7-8H2,1-3H3,(H,17,22)(H,18,19,20). The molecule has 0 atom stereocenters. The first-order chi connectivity index (χ1) is 10.6.